The Balaban J connectivity index is -0.0000000267. The maximum absolute atomic E-state index is 8.55. The van der Waals surface area contributed by atoms with Crippen molar-refractivity contribution in [3.8, 4) is 0 Å². The summed E-state index contributed by atoms with van der Waals surface area (Å²) in [5.41, 5.74) is 0. The van der Waals surface area contributed by atoms with Crippen LogP contribution in [-0.4, -0.2) is 0 Å². The molecular formula is Hg3O4P. The van der Waals surface area contributed by atoms with Gasteiger partial charge in [-0.05, 0) is 0 Å². The number of hydrogen-bond acceptors (Lipinski definition) is 4. The fraction of sp³-hybridized carbons (Fsp3) is 0. The fourth-order valence-electron chi connectivity index (χ4n) is 0. The average molecular weight is 697 g/mol. The van der Waals surface area contributed by atoms with Gasteiger partial charge in [-0.3, -0.25) is 0 Å². The van der Waals surface area contributed by atoms with Crippen LogP contribution in [0, 0.1) is 0 Å². The van der Waals surface area contributed by atoms with Crippen LogP contribution in [0.15, 0.2) is 0 Å². The molecule has 0 aliphatic carbocycles. The normalized spacial score (nSPS) is 7.38. The van der Waals surface area contributed by atoms with Crippen LogP contribution in [0.1, 0.15) is 0 Å². The van der Waals surface area contributed by atoms with Crippen molar-refractivity contribution in [1.29, 1.82) is 0 Å². The molecule has 0 rings (SSSR count). The number of hydrogen-bond donors (Lipinski definition) is 0. The van der Waals surface area contributed by atoms with E-state index in [4.69, 9.17) is 19.2 Å². The van der Waals surface area contributed by atoms with Gasteiger partial charge >= 0.3 is 83.0 Å². The van der Waals surface area contributed by atoms with Gasteiger partial charge in [-0.25, -0.2) is 0 Å². The Hall–Kier alpha value is 2.92. The van der Waals surface area contributed by atoms with Crippen molar-refractivity contribution in [2.24, 2.45) is 0 Å². The third kappa shape index (κ3) is 65.7. The van der Waals surface area contributed by atoms with E-state index in [1.165, 1.54) is 0 Å². The third-order valence-corrected chi connectivity index (χ3v) is 0. The zero-order valence-electron chi connectivity index (χ0n) is 4.20. The summed E-state index contributed by atoms with van der Waals surface area (Å²) in [5, 5.41) is 0. The van der Waals surface area contributed by atoms with Gasteiger partial charge in [-0.1, -0.05) is 0 Å². The molecule has 4 nitrogen and oxygen atoms in total. The molecule has 0 aliphatic heterocycles. The summed E-state index contributed by atoms with van der Waals surface area (Å²) >= 11 is 0. The Labute approximate surface area is 108 Å². The van der Waals surface area contributed by atoms with E-state index < -0.39 is 7.82 Å². The van der Waals surface area contributed by atoms with Gasteiger partial charge < -0.3 is 19.2 Å². The van der Waals surface area contributed by atoms with E-state index in [0.717, 1.165) is 0 Å². The van der Waals surface area contributed by atoms with Crippen LogP contribution in [-0.2, 0) is 87.6 Å². The standard InChI is InChI=1S/3Hg.H3O4P/c;;;1-5(2,3)4/h;;;(H3,1,2,3,4)/q3*+1;/p-3. The van der Waals surface area contributed by atoms with Crippen molar-refractivity contribution < 1.29 is 102 Å². The minimum atomic E-state index is -5.39. The van der Waals surface area contributed by atoms with Gasteiger partial charge in [0.25, 0.3) is 0 Å². The first-order valence-corrected chi connectivity index (χ1v) is 2.19. The second-order valence-electron chi connectivity index (χ2n) is 0.447. The number of phosphoric acid groups is 1. The Kier molecular flexibility index (Phi) is 27.8. The largest absolute Gasteiger partial charge is 1.00 e. The SMILES string of the molecule is O=P([O-])([O-])[O-].[Hg+].[Hg+].[Hg+]. The van der Waals surface area contributed by atoms with Crippen LogP contribution in [0.4, 0.5) is 0 Å². The molecule has 8 heteroatoms. The summed E-state index contributed by atoms with van der Waals surface area (Å²) in [5.74, 6) is 0. The molecule has 0 saturated heterocycles. The first-order chi connectivity index (χ1) is 2.00. The molecule has 0 fully saturated rings. The van der Waals surface area contributed by atoms with E-state index >= 15 is 0 Å². The Morgan fingerprint density at radius 1 is 0.875 bits per heavy atom. The second kappa shape index (κ2) is 9.92. The molecule has 8 heavy (non-hydrogen) atoms. The van der Waals surface area contributed by atoms with Crippen LogP contribution in [0.5, 0.6) is 0 Å². The molecule has 0 amide bonds. The van der Waals surface area contributed by atoms with Crippen molar-refractivity contribution in [3.63, 3.8) is 0 Å². The van der Waals surface area contributed by atoms with Crippen LogP contribution < -0.4 is 14.7 Å². The molecule has 0 atom stereocenters. The zero-order chi connectivity index (χ0) is 4.50. The van der Waals surface area contributed by atoms with Crippen molar-refractivity contribution in [3.05, 3.63) is 0 Å². The molecule has 0 aromatic heterocycles. The Morgan fingerprint density at radius 3 is 0.875 bits per heavy atom. The quantitative estimate of drug-likeness (QED) is 0.202. The van der Waals surface area contributed by atoms with E-state index in [0.29, 0.717) is 0 Å². The summed E-state index contributed by atoms with van der Waals surface area (Å²) in [4.78, 5) is 25.6. The van der Waals surface area contributed by atoms with Gasteiger partial charge in [0.15, 0.2) is 0 Å². The van der Waals surface area contributed by atoms with Gasteiger partial charge in [0.05, 0.1) is 0 Å². The van der Waals surface area contributed by atoms with Gasteiger partial charge in [0, 0.05) is 0 Å². The molecular weight excluding hydrogens is 697 g/mol. The molecule has 35 valence electrons. The molecule has 0 aromatic rings. The second-order valence-corrected chi connectivity index (χ2v) is 1.34. The summed E-state index contributed by atoms with van der Waals surface area (Å²) in [6.07, 6.45) is 0. The van der Waals surface area contributed by atoms with E-state index in [-0.39, 0.29) is 83.0 Å². The zero-order valence-corrected chi connectivity index (χ0v) is 21.6. The Bertz CT molecular complexity index is 57.4. The molecule has 0 saturated carbocycles. The van der Waals surface area contributed by atoms with E-state index in [1.54, 1.807) is 0 Å². The predicted molar refractivity (Wildman–Crippen MR) is 7.61 cm³/mol. The molecule has 0 bridgehead atoms. The molecule has 0 aliphatic rings. The minimum Gasteiger partial charge on any atom is -0.822 e. The molecule has 0 aromatic carbocycles. The average Bonchev–Trinajstić information content (AvgIpc) is 0.722. The van der Waals surface area contributed by atoms with Crippen molar-refractivity contribution in [1.82, 2.24) is 0 Å². The van der Waals surface area contributed by atoms with Crippen molar-refractivity contribution >= 4 is 7.82 Å². The number of rotatable bonds is 0. The monoisotopic (exact) mass is 701 g/mol. The molecule has 0 spiro atoms. The first kappa shape index (κ1) is 22.4. The van der Waals surface area contributed by atoms with Gasteiger partial charge in [0.1, 0.15) is 0 Å². The molecule has 0 unspecified atom stereocenters. The Morgan fingerprint density at radius 2 is 0.875 bits per heavy atom. The van der Waals surface area contributed by atoms with E-state index in [1.807, 2.05) is 0 Å². The smallest absolute Gasteiger partial charge is 0.822 e. The van der Waals surface area contributed by atoms with Crippen molar-refractivity contribution in [2.45, 2.75) is 0 Å². The summed E-state index contributed by atoms with van der Waals surface area (Å²) in [7, 11) is -5.39. The van der Waals surface area contributed by atoms with Gasteiger partial charge in [-0.15, -0.1) is 0 Å². The molecule has 0 heterocycles. The van der Waals surface area contributed by atoms with Crippen LogP contribution in [0.3, 0.4) is 0 Å². The van der Waals surface area contributed by atoms with E-state index in [9.17, 15) is 0 Å². The van der Waals surface area contributed by atoms with Gasteiger partial charge in [-0.2, -0.15) is 7.82 Å². The minimum absolute atomic E-state index is 0. The molecule has 3 radical (unpaired) electrons. The fourth-order valence-corrected chi connectivity index (χ4v) is 0. The maximum atomic E-state index is 8.55. The summed E-state index contributed by atoms with van der Waals surface area (Å²) in [6, 6.07) is 0. The third-order valence-electron chi connectivity index (χ3n) is 0. The van der Waals surface area contributed by atoms with Crippen LogP contribution in [0.2, 0.25) is 0 Å². The van der Waals surface area contributed by atoms with E-state index in [2.05, 4.69) is 0 Å². The maximum Gasteiger partial charge on any atom is 1.00 e. The van der Waals surface area contributed by atoms with Gasteiger partial charge in [0.2, 0.25) is 0 Å². The summed E-state index contributed by atoms with van der Waals surface area (Å²) < 4.78 is 8.55. The molecule has 0 N–H and O–H groups in total. The van der Waals surface area contributed by atoms with Crippen LogP contribution >= 0.6 is 7.82 Å². The summed E-state index contributed by atoms with van der Waals surface area (Å²) in [6.45, 7) is 0. The topological polar surface area (TPSA) is 86.2 Å². The van der Waals surface area contributed by atoms with Crippen LogP contribution in [0.25, 0.3) is 0 Å². The first-order valence-electron chi connectivity index (χ1n) is 0.730. The predicted octanol–water partition coefficient (Wildman–Crippen LogP) is -2.83. The van der Waals surface area contributed by atoms with Crippen molar-refractivity contribution in [2.75, 3.05) is 0 Å².